The zero-order valence-electron chi connectivity index (χ0n) is 36.7. The fourth-order valence-electron chi connectivity index (χ4n) is 6.08. The molecule has 0 aliphatic heterocycles. The second-order valence-electron chi connectivity index (χ2n) is 15.3. The number of hydrogen-bond acceptors (Lipinski definition) is 12. The van der Waals surface area contributed by atoms with Gasteiger partial charge >= 0.3 is 11.9 Å². The zero-order valence-corrected chi connectivity index (χ0v) is 36.7. The standard InChI is InChI=1S/C43H60N8O14/c1-5-65-28-14-11-26(12-15-28)13-16-31(41(62)48-29(37(44)58)17-19-35(54)55)49-42(63)32(21-24(2)3)50-43(64)33(23-52)51-40(61)30(18-20-36(56)57)47-34(53)22-45-38(59)25(4)46-39(60)27-9-7-6-8-10-27/h6-12,14-15,24-25,29-33,52H,5,13,16-23H2,1-4H3,(H2,44,58)(H,45,59)(H,46,60)(H,47,53)(H,48,62)(H,49,63)(H,50,64)(H,51,61)(H,54,55)(H,56,57)/t25-,29-,30-,31-,32-,33-/m0/s1. The molecule has 0 bridgehead atoms. The van der Waals surface area contributed by atoms with Crippen molar-refractivity contribution in [1.82, 2.24) is 37.2 Å². The van der Waals surface area contributed by atoms with Crippen LogP contribution in [0.25, 0.3) is 0 Å². The maximum atomic E-state index is 13.9. The second-order valence-corrected chi connectivity index (χ2v) is 15.3. The monoisotopic (exact) mass is 912 g/mol. The fourth-order valence-corrected chi connectivity index (χ4v) is 6.08. The number of amides is 8. The van der Waals surface area contributed by atoms with Crippen LogP contribution in [0.2, 0.25) is 0 Å². The summed E-state index contributed by atoms with van der Waals surface area (Å²) in [5.41, 5.74) is 6.46. The molecule has 356 valence electrons. The summed E-state index contributed by atoms with van der Waals surface area (Å²) >= 11 is 0. The predicted octanol–water partition coefficient (Wildman–Crippen LogP) is -1.37. The molecule has 6 atom stereocenters. The summed E-state index contributed by atoms with van der Waals surface area (Å²) in [7, 11) is 0. The number of ether oxygens (including phenoxy) is 1. The molecule has 0 aromatic heterocycles. The first kappa shape index (κ1) is 54.0. The molecule has 0 saturated carbocycles. The maximum absolute atomic E-state index is 13.9. The summed E-state index contributed by atoms with van der Waals surface area (Å²) in [6.45, 7) is 5.38. The van der Waals surface area contributed by atoms with Gasteiger partial charge in [0.1, 0.15) is 42.0 Å². The predicted molar refractivity (Wildman–Crippen MR) is 231 cm³/mol. The summed E-state index contributed by atoms with van der Waals surface area (Å²) in [6.07, 6.45) is -1.75. The SMILES string of the molecule is CCOc1ccc(CC[C@H](NC(=O)[C@H](CC(C)C)NC(=O)[C@H](CO)NC(=O)[C@H](CCC(=O)O)NC(=O)CNC(=O)[C@H](C)NC(=O)c2ccccc2)C(=O)N[C@@H](CCC(=O)O)C(N)=O)cc1. The van der Waals surface area contributed by atoms with Crippen LogP contribution >= 0.6 is 0 Å². The third kappa shape index (κ3) is 20.3. The van der Waals surface area contributed by atoms with E-state index in [-0.39, 0.29) is 31.6 Å². The van der Waals surface area contributed by atoms with Gasteiger partial charge in [-0.1, -0.05) is 44.2 Å². The normalized spacial score (nSPS) is 13.6. The average molecular weight is 913 g/mol. The molecule has 0 unspecified atom stereocenters. The molecule has 0 aliphatic rings. The van der Waals surface area contributed by atoms with Gasteiger partial charge in [0, 0.05) is 18.4 Å². The van der Waals surface area contributed by atoms with E-state index in [1.807, 2.05) is 6.92 Å². The van der Waals surface area contributed by atoms with Gasteiger partial charge in [-0.05, 0) is 81.7 Å². The number of rotatable bonds is 29. The quantitative estimate of drug-likeness (QED) is 0.0449. The Hall–Kier alpha value is -7.10. The van der Waals surface area contributed by atoms with Crippen molar-refractivity contribution in [3.63, 3.8) is 0 Å². The minimum Gasteiger partial charge on any atom is -0.494 e. The van der Waals surface area contributed by atoms with Crippen LogP contribution < -0.4 is 47.7 Å². The molecular formula is C43H60N8O14. The van der Waals surface area contributed by atoms with Crippen LogP contribution in [0.15, 0.2) is 54.6 Å². The van der Waals surface area contributed by atoms with Gasteiger partial charge in [-0.25, -0.2) is 0 Å². The minimum atomic E-state index is -1.74. The lowest BCUT2D eigenvalue weighted by atomic mass is 10.00. The molecule has 2 aromatic rings. The fraction of sp³-hybridized carbons (Fsp3) is 0.488. The van der Waals surface area contributed by atoms with Gasteiger partial charge in [-0.2, -0.15) is 0 Å². The molecule has 22 heteroatoms. The molecule has 8 amide bonds. The van der Waals surface area contributed by atoms with Crippen LogP contribution in [0.4, 0.5) is 0 Å². The largest absolute Gasteiger partial charge is 0.494 e. The number of nitrogens with one attached hydrogen (secondary N) is 7. The van der Waals surface area contributed by atoms with Crippen LogP contribution in [-0.4, -0.2) is 131 Å². The van der Waals surface area contributed by atoms with Gasteiger partial charge in [0.05, 0.1) is 19.8 Å². The molecule has 2 aromatic carbocycles. The Kier molecular flexibility index (Phi) is 23.2. The topological polar surface area (TPSA) is 351 Å². The number of aliphatic hydroxyl groups excluding tert-OH is 1. The van der Waals surface area contributed by atoms with E-state index in [1.54, 1.807) is 56.3 Å². The Bertz CT molecular complexity index is 1960. The first-order chi connectivity index (χ1) is 30.7. The smallest absolute Gasteiger partial charge is 0.303 e. The molecule has 0 aliphatic carbocycles. The van der Waals surface area contributed by atoms with Crippen LogP contribution in [0, 0.1) is 5.92 Å². The van der Waals surface area contributed by atoms with Crippen LogP contribution in [0.5, 0.6) is 5.75 Å². The molecule has 65 heavy (non-hydrogen) atoms. The van der Waals surface area contributed by atoms with Crippen molar-refractivity contribution >= 4 is 59.2 Å². The van der Waals surface area contributed by atoms with Crippen LogP contribution in [0.3, 0.4) is 0 Å². The average Bonchev–Trinajstić information content (AvgIpc) is 3.25. The number of aliphatic carboxylic acids is 2. The molecular weight excluding hydrogens is 853 g/mol. The molecule has 0 spiro atoms. The minimum absolute atomic E-state index is 0.0169. The van der Waals surface area contributed by atoms with Gasteiger partial charge in [-0.3, -0.25) is 47.9 Å². The number of nitrogens with two attached hydrogens (primary N) is 1. The lowest BCUT2D eigenvalue weighted by molar-refractivity contribution is -0.139. The van der Waals surface area contributed by atoms with Crippen molar-refractivity contribution in [2.75, 3.05) is 19.8 Å². The number of carbonyl (C=O) groups is 10. The third-order valence-electron chi connectivity index (χ3n) is 9.55. The molecule has 2 rings (SSSR count). The molecule has 22 nitrogen and oxygen atoms in total. The summed E-state index contributed by atoms with van der Waals surface area (Å²) in [4.78, 5) is 127. The lowest BCUT2D eigenvalue weighted by Crippen LogP contribution is -2.60. The third-order valence-corrected chi connectivity index (χ3v) is 9.55. The van der Waals surface area contributed by atoms with E-state index in [9.17, 15) is 58.2 Å². The Balaban J connectivity index is 2.21. The number of carboxylic acid groups (broad SMARTS) is 2. The van der Waals surface area contributed by atoms with E-state index >= 15 is 0 Å². The highest BCUT2D eigenvalue weighted by Gasteiger charge is 2.33. The Morgan fingerprint density at radius 3 is 1.66 bits per heavy atom. The first-order valence-corrected chi connectivity index (χ1v) is 20.9. The van der Waals surface area contributed by atoms with Crippen molar-refractivity contribution in [1.29, 1.82) is 0 Å². The van der Waals surface area contributed by atoms with Gasteiger partial charge < -0.3 is 63.0 Å². The Labute approximate surface area is 375 Å². The highest BCUT2D eigenvalue weighted by molar-refractivity contribution is 5.99. The molecule has 0 radical (unpaired) electrons. The number of hydrogen-bond donors (Lipinski definition) is 11. The van der Waals surface area contributed by atoms with Gasteiger partial charge in [0.25, 0.3) is 5.91 Å². The van der Waals surface area contributed by atoms with Crippen molar-refractivity contribution in [2.45, 2.75) is 109 Å². The summed E-state index contributed by atoms with van der Waals surface area (Å²) in [5.74, 6) is -9.36. The van der Waals surface area contributed by atoms with E-state index in [2.05, 4.69) is 37.2 Å². The maximum Gasteiger partial charge on any atom is 0.303 e. The number of carboxylic acids is 2. The highest BCUT2D eigenvalue weighted by Crippen LogP contribution is 2.15. The van der Waals surface area contributed by atoms with E-state index in [4.69, 9.17) is 15.6 Å². The molecule has 0 fully saturated rings. The first-order valence-electron chi connectivity index (χ1n) is 20.9. The summed E-state index contributed by atoms with van der Waals surface area (Å²) in [5, 5.41) is 45.3. The van der Waals surface area contributed by atoms with Crippen molar-refractivity contribution in [3.05, 3.63) is 65.7 Å². The van der Waals surface area contributed by atoms with Crippen molar-refractivity contribution in [2.24, 2.45) is 11.7 Å². The summed E-state index contributed by atoms with van der Waals surface area (Å²) in [6, 6.07) is 6.44. The number of carbonyl (C=O) groups excluding carboxylic acids is 8. The zero-order chi connectivity index (χ0) is 48.6. The Morgan fingerprint density at radius 2 is 1.12 bits per heavy atom. The number of aryl methyl sites for hydroxylation is 1. The number of primary amides is 1. The van der Waals surface area contributed by atoms with E-state index < -0.39 is 128 Å². The highest BCUT2D eigenvalue weighted by atomic mass is 16.5. The van der Waals surface area contributed by atoms with Gasteiger partial charge in [-0.15, -0.1) is 0 Å². The van der Waals surface area contributed by atoms with Crippen LogP contribution in [0.1, 0.15) is 82.1 Å². The lowest BCUT2D eigenvalue weighted by Gasteiger charge is -2.27. The van der Waals surface area contributed by atoms with E-state index in [0.717, 1.165) is 5.56 Å². The van der Waals surface area contributed by atoms with Gasteiger partial charge in [0.15, 0.2) is 0 Å². The Morgan fingerprint density at radius 1 is 0.615 bits per heavy atom. The summed E-state index contributed by atoms with van der Waals surface area (Å²) < 4.78 is 5.47. The van der Waals surface area contributed by atoms with Crippen LogP contribution in [-0.2, 0) is 49.6 Å². The van der Waals surface area contributed by atoms with E-state index in [0.29, 0.717) is 17.9 Å². The van der Waals surface area contributed by atoms with Gasteiger partial charge in [0.2, 0.25) is 41.4 Å². The van der Waals surface area contributed by atoms with Crippen molar-refractivity contribution < 1.29 is 68.0 Å². The molecule has 0 heterocycles. The molecule has 0 saturated heterocycles. The number of benzene rings is 2. The van der Waals surface area contributed by atoms with Crippen molar-refractivity contribution in [3.8, 4) is 5.75 Å². The van der Waals surface area contributed by atoms with E-state index in [1.165, 1.54) is 19.1 Å². The number of aliphatic hydroxyl groups is 1. The second kappa shape index (κ2) is 27.9. The molecule has 12 N–H and O–H groups in total.